The molecule has 4 aliphatic carbocycles. The van der Waals surface area contributed by atoms with Crippen LogP contribution in [0.25, 0.3) is 0 Å². The molecule has 0 heteroatoms. The van der Waals surface area contributed by atoms with Crippen LogP contribution in [0.4, 0.5) is 0 Å². The van der Waals surface area contributed by atoms with E-state index in [0.29, 0.717) is 0 Å². The Morgan fingerprint density at radius 2 is 1.65 bits per heavy atom. The van der Waals surface area contributed by atoms with E-state index in [2.05, 4.69) is 20.8 Å². The molecule has 4 saturated carbocycles. The Morgan fingerprint density at radius 1 is 0.826 bits per heavy atom. The zero-order valence-corrected chi connectivity index (χ0v) is 16.0. The monoisotopic (exact) mass is 316 g/mol. The fraction of sp³-hybridized carbons (Fsp3) is 1.00. The second-order valence-electron chi connectivity index (χ2n) is 10.1. The number of fused-ring (bicyclic) bond motifs is 5. The molecule has 0 nitrogen and oxygen atoms in total. The van der Waals surface area contributed by atoms with Gasteiger partial charge < -0.3 is 0 Å². The van der Waals surface area contributed by atoms with Crippen molar-refractivity contribution in [3.05, 3.63) is 0 Å². The lowest BCUT2D eigenvalue weighted by atomic mass is 9.49. The van der Waals surface area contributed by atoms with Crippen molar-refractivity contribution >= 4 is 0 Å². The van der Waals surface area contributed by atoms with E-state index in [-0.39, 0.29) is 0 Å². The van der Waals surface area contributed by atoms with Crippen LogP contribution in [-0.2, 0) is 0 Å². The van der Waals surface area contributed by atoms with Crippen molar-refractivity contribution in [2.75, 3.05) is 0 Å². The van der Waals surface area contributed by atoms with Crippen LogP contribution in [0.1, 0.15) is 97.8 Å². The minimum Gasteiger partial charge on any atom is -0.0654 e. The summed E-state index contributed by atoms with van der Waals surface area (Å²) in [6.07, 6.45) is 18.6. The first-order valence-electron chi connectivity index (χ1n) is 11.2. The minimum atomic E-state index is 0.724. The molecule has 0 aromatic rings. The Kier molecular flexibility index (Phi) is 4.57. The summed E-state index contributed by atoms with van der Waals surface area (Å²) >= 11 is 0. The average molecular weight is 317 g/mol. The number of hydrogen-bond acceptors (Lipinski definition) is 0. The second kappa shape index (κ2) is 6.38. The fourth-order valence-electron chi connectivity index (χ4n) is 8.40. The second-order valence-corrected chi connectivity index (χ2v) is 10.1. The molecule has 23 heavy (non-hydrogen) atoms. The van der Waals surface area contributed by atoms with Gasteiger partial charge >= 0.3 is 0 Å². The fourth-order valence-corrected chi connectivity index (χ4v) is 8.40. The van der Waals surface area contributed by atoms with Crippen molar-refractivity contribution in [1.82, 2.24) is 0 Å². The van der Waals surface area contributed by atoms with Crippen molar-refractivity contribution in [1.29, 1.82) is 0 Å². The highest BCUT2D eigenvalue weighted by Crippen LogP contribution is 2.64. The Morgan fingerprint density at radius 3 is 2.43 bits per heavy atom. The first-order valence-corrected chi connectivity index (χ1v) is 11.2. The summed E-state index contributed by atoms with van der Waals surface area (Å²) in [5.41, 5.74) is 0.724. The first-order chi connectivity index (χ1) is 11.2. The third-order valence-electron chi connectivity index (χ3n) is 9.45. The van der Waals surface area contributed by atoms with Crippen LogP contribution < -0.4 is 0 Å². The summed E-state index contributed by atoms with van der Waals surface area (Å²) in [5, 5.41) is 0. The van der Waals surface area contributed by atoms with Gasteiger partial charge in [-0.2, -0.15) is 0 Å². The van der Waals surface area contributed by atoms with Crippen LogP contribution in [0.15, 0.2) is 0 Å². The maximum absolute atomic E-state index is 2.69. The van der Waals surface area contributed by atoms with E-state index in [1.165, 1.54) is 19.3 Å². The predicted octanol–water partition coefficient (Wildman–Crippen LogP) is 7.08. The first kappa shape index (κ1) is 16.5. The molecule has 0 spiro atoms. The van der Waals surface area contributed by atoms with E-state index in [1.807, 2.05) is 0 Å². The van der Waals surface area contributed by atoms with Gasteiger partial charge in [0.1, 0.15) is 0 Å². The molecular weight excluding hydrogens is 276 g/mol. The molecule has 0 aliphatic heterocycles. The highest BCUT2D eigenvalue weighted by atomic mass is 14.6. The molecule has 0 saturated heterocycles. The van der Waals surface area contributed by atoms with E-state index in [1.54, 1.807) is 57.8 Å². The third kappa shape index (κ3) is 2.62. The summed E-state index contributed by atoms with van der Waals surface area (Å²) in [5.74, 6) is 7.73. The van der Waals surface area contributed by atoms with E-state index in [0.717, 1.165) is 46.8 Å². The molecule has 0 N–H and O–H groups in total. The topological polar surface area (TPSA) is 0 Å². The van der Waals surface area contributed by atoms with Gasteiger partial charge in [-0.1, -0.05) is 46.5 Å². The van der Waals surface area contributed by atoms with Gasteiger partial charge in [-0.15, -0.1) is 0 Å². The van der Waals surface area contributed by atoms with Crippen LogP contribution in [0, 0.1) is 46.8 Å². The van der Waals surface area contributed by atoms with Crippen molar-refractivity contribution in [3.8, 4) is 0 Å². The maximum atomic E-state index is 2.69. The molecule has 0 heterocycles. The SMILES string of the molecule is CCCC1CCC2C(CCC3C2CCC2(C)C(CC)CCC32)C1. The van der Waals surface area contributed by atoms with Crippen molar-refractivity contribution < 1.29 is 0 Å². The number of rotatable bonds is 3. The molecule has 0 aromatic heterocycles. The molecule has 4 aliphatic rings. The Bertz CT molecular complexity index is 412. The summed E-state index contributed by atoms with van der Waals surface area (Å²) in [6, 6.07) is 0. The van der Waals surface area contributed by atoms with Gasteiger partial charge in [0.15, 0.2) is 0 Å². The predicted molar refractivity (Wildman–Crippen MR) is 99.3 cm³/mol. The van der Waals surface area contributed by atoms with Crippen LogP contribution in [-0.4, -0.2) is 0 Å². The Labute approximate surface area is 145 Å². The molecule has 0 aromatic carbocycles. The summed E-state index contributed by atoms with van der Waals surface area (Å²) in [4.78, 5) is 0. The van der Waals surface area contributed by atoms with Crippen LogP contribution in [0.2, 0.25) is 0 Å². The van der Waals surface area contributed by atoms with Crippen LogP contribution >= 0.6 is 0 Å². The maximum Gasteiger partial charge on any atom is -0.0266 e. The van der Waals surface area contributed by atoms with E-state index in [9.17, 15) is 0 Å². The van der Waals surface area contributed by atoms with Crippen molar-refractivity contribution in [2.24, 2.45) is 46.8 Å². The molecule has 8 atom stereocenters. The largest absolute Gasteiger partial charge is 0.0654 e. The van der Waals surface area contributed by atoms with Crippen LogP contribution in [0.3, 0.4) is 0 Å². The highest BCUT2D eigenvalue weighted by Gasteiger charge is 2.56. The van der Waals surface area contributed by atoms with Gasteiger partial charge in [0.25, 0.3) is 0 Å². The molecule has 0 radical (unpaired) electrons. The number of hydrogen-bond donors (Lipinski definition) is 0. The zero-order valence-electron chi connectivity index (χ0n) is 16.0. The lowest BCUT2D eigenvalue weighted by Crippen LogP contribution is -2.48. The minimum absolute atomic E-state index is 0.724. The molecule has 0 bridgehead atoms. The quantitative estimate of drug-likeness (QED) is 0.521. The third-order valence-corrected chi connectivity index (χ3v) is 9.45. The summed E-state index contributed by atoms with van der Waals surface area (Å²) in [6.45, 7) is 7.53. The van der Waals surface area contributed by atoms with Gasteiger partial charge in [0.2, 0.25) is 0 Å². The van der Waals surface area contributed by atoms with Crippen molar-refractivity contribution in [2.45, 2.75) is 97.8 Å². The molecule has 0 amide bonds. The Balaban J connectivity index is 1.48. The van der Waals surface area contributed by atoms with Gasteiger partial charge in [-0.3, -0.25) is 0 Å². The molecular formula is C23H40. The normalized spacial score (nSPS) is 52.6. The van der Waals surface area contributed by atoms with Gasteiger partial charge in [-0.25, -0.2) is 0 Å². The van der Waals surface area contributed by atoms with Crippen molar-refractivity contribution in [3.63, 3.8) is 0 Å². The van der Waals surface area contributed by atoms with E-state index < -0.39 is 0 Å². The van der Waals surface area contributed by atoms with E-state index >= 15 is 0 Å². The smallest absolute Gasteiger partial charge is 0.0266 e. The summed E-state index contributed by atoms with van der Waals surface area (Å²) < 4.78 is 0. The molecule has 4 rings (SSSR count). The molecule has 8 unspecified atom stereocenters. The highest BCUT2D eigenvalue weighted by molar-refractivity contribution is 5.05. The molecule has 132 valence electrons. The zero-order chi connectivity index (χ0) is 16.0. The summed E-state index contributed by atoms with van der Waals surface area (Å²) in [7, 11) is 0. The Hall–Kier alpha value is 0. The van der Waals surface area contributed by atoms with Gasteiger partial charge in [0.05, 0.1) is 0 Å². The van der Waals surface area contributed by atoms with Gasteiger partial charge in [0, 0.05) is 0 Å². The lowest BCUT2D eigenvalue weighted by molar-refractivity contribution is -0.0686. The van der Waals surface area contributed by atoms with E-state index in [4.69, 9.17) is 0 Å². The molecule has 4 fully saturated rings. The standard InChI is InChI=1S/C23H40/c1-4-6-16-7-10-19-17(15-16)8-11-21-20(19)13-14-23(3)18(5-2)9-12-22(21)23/h16-22H,4-15H2,1-3H3. The van der Waals surface area contributed by atoms with Gasteiger partial charge in [-0.05, 0) is 98.2 Å². The average Bonchev–Trinajstić information content (AvgIpc) is 2.91. The lowest BCUT2D eigenvalue weighted by Gasteiger charge is -2.56. The van der Waals surface area contributed by atoms with Crippen LogP contribution in [0.5, 0.6) is 0 Å².